The van der Waals surface area contributed by atoms with Gasteiger partial charge in [-0.05, 0) is 53.8 Å². The van der Waals surface area contributed by atoms with E-state index in [0.29, 0.717) is 23.8 Å². The largest absolute Gasteiger partial charge is 0.493 e. The Kier molecular flexibility index (Phi) is 6.99. The second-order valence-corrected chi connectivity index (χ2v) is 8.73. The number of methoxy groups -OCH3 is 2. The Bertz CT molecular complexity index is 1520. The quantitative estimate of drug-likeness (QED) is 0.338. The van der Waals surface area contributed by atoms with E-state index in [9.17, 15) is 14.0 Å². The summed E-state index contributed by atoms with van der Waals surface area (Å²) in [6.07, 6.45) is 0.843. The minimum Gasteiger partial charge on any atom is -0.493 e. The summed E-state index contributed by atoms with van der Waals surface area (Å²) >= 11 is 0. The van der Waals surface area contributed by atoms with E-state index in [2.05, 4.69) is 10.6 Å². The number of amides is 3. The van der Waals surface area contributed by atoms with Crippen molar-refractivity contribution >= 4 is 34.1 Å². The molecule has 1 heterocycles. The Morgan fingerprint density at radius 1 is 0.921 bits per heavy atom. The van der Waals surface area contributed by atoms with Crippen molar-refractivity contribution in [2.24, 2.45) is 0 Å². The van der Waals surface area contributed by atoms with Gasteiger partial charge in [-0.1, -0.05) is 30.3 Å². The fourth-order valence-corrected chi connectivity index (χ4v) is 4.52. The molecule has 8 nitrogen and oxygen atoms in total. The maximum atomic E-state index is 14.8. The van der Waals surface area contributed by atoms with Gasteiger partial charge in [-0.25, -0.2) is 9.18 Å². The molecule has 9 heteroatoms. The number of nitrogens with one attached hydrogen (secondary N) is 2. The lowest BCUT2D eigenvalue weighted by atomic mass is 10.1. The van der Waals surface area contributed by atoms with Gasteiger partial charge in [-0.3, -0.25) is 10.1 Å². The molecule has 0 fully saturated rings. The zero-order valence-electron chi connectivity index (χ0n) is 20.9. The van der Waals surface area contributed by atoms with Gasteiger partial charge in [-0.15, -0.1) is 0 Å². The van der Waals surface area contributed by atoms with Crippen LogP contribution in [0.3, 0.4) is 0 Å². The summed E-state index contributed by atoms with van der Waals surface area (Å²) < 4.78 is 31.5. The zero-order valence-corrected chi connectivity index (χ0v) is 20.9. The molecule has 0 aromatic heterocycles. The third-order valence-electron chi connectivity index (χ3n) is 6.33. The molecule has 38 heavy (non-hydrogen) atoms. The van der Waals surface area contributed by atoms with Gasteiger partial charge in [0.25, 0.3) is 0 Å². The number of fused-ring (bicyclic) bond motifs is 2. The number of hydrogen-bond acceptors (Lipinski definition) is 6. The molecule has 1 aliphatic heterocycles. The smallest absolute Gasteiger partial charge is 0.326 e. The number of anilines is 2. The van der Waals surface area contributed by atoms with E-state index in [4.69, 9.17) is 14.2 Å². The van der Waals surface area contributed by atoms with Crippen LogP contribution in [0.1, 0.15) is 5.56 Å². The van der Waals surface area contributed by atoms with Crippen molar-refractivity contribution in [3.8, 4) is 23.0 Å². The highest BCUT2D eigenvalue weighted by molar-refractivity contribution is 6.02. The van der Waals surface area contributed by atoms with E-state index in [1.807, 2.05) is 47.4 Å². The van der Waals surface area contributed by atoms with Crippen LogP contribution in [0.2, 0.25) is 0 Å². The lowest BCUT2D eigenvalue weighted by molar-refractivity contribution is -0.118. The standard InChI is InChI=1S/C29H26FN3O5/c1-36-26-14-19-7-5-9-25(21(19)16-27(26)37-2)38-20-10-11-23(22(30)15-20)31-29(35)32-28(34)17-33-13-12-18-6-3-4-8-24(18)33/h3-11,14-16H,12-13,17H2,1-2H3,(H2,31,32,34,35). The molecule has 0 saturated heterocycles. The van der Waals surface area contributed by atoms with Gasteiger partial charge >= 0.3 is 6.03 Å². The fourth-order valence-electron chi connectivity index (χ4n) is 4.52. The highest BCUT2D eigenvalue weighted by atomic mass is 19.1. The van der Waals surface area contributed by atoms with Crippen molar-refractivity contribution in [3.63, 3.8) is 0 Å². The van der Waals surface area contributed by atoms with Crippen molar-refractivity contribution in [1.82, 2.24) is 5.32 Å². The number of nitrogens with zero attached hydrogens (tertiary/aromatic N) is 1. The van der Waals surface area contributed by atoms with E-state index in [-0.39, 0.29) is 18.0 Å². The lowest BCUT2D eigenvalue weighted by Gasteiger charge is -2.18. The first-order valence-electron chi connectivity index (χ1n) is 12.0. The number of benzene rings is 4. The molecule has 0 atom stereocenters. The number of imide groups is 1. The summed E-state index contributed by atoms with van der Waals surface area (Å²) in [6.45, 7) is 0.725. The van der Waals surface area contributed by atoms with E-state index >= 15 is 0 Å². The Balaban J connectivity index is 1.23. The second-order valence-electron chi connectivity index (χ2n) is 8.73. The molecule has 0 saturated carbocycles. The summed E-state index contributed by atoms with van der Waals surface area (Å²) in [5.74, 6) is 0.660. The van der Waals surface area contributed by atoms with Crippen LogP contribution >= 0.6 is 0 Å². The van der Waals surface area contributed by atoms with Gasteiger partial charge in [0.1, 0.15) is 17.3 Å². The summed E-state index contributed by atoms with van der Waals surface area (Å²) in [7, 11) is 3.11. The van der Waals surface area contributed by atoms with Crippen LogP contribution in [0.4, 0.5) is 20.6 Å². The lowest BCUT2D eigenvalue weighted by Crippen LogP contribution is -2.41. The van der Waals surface area contributed by atoms with Crippen LogP contribution in [0.25, 0.3) is 10.8 Å². The Labute approximate surface area is 218 Å². The van der Waals surface area contributed by atoms with Crippen LogP contribution in [0.15, 0.2) is 72.8 Å². The number of carbonyl (C=O) groups is 2. The van der Waals surface area contributed by atoms with E-state index < -0.39 is 17.8 Å². The summed E-state index contributed by atoms with van der Waals surface area (Å²) in [5.41, 5.74) is 2.06. The summed E-state index contributed by atoms with van der Waals surface area (Å²) in [5, 5.41) is 6.26. The molecule has 2 N–H and O–H groups in total. The Morgan fingerprint density at radius 2 is 1.71 bits per heavy atom. The van der Waals surface area contributed by atoms with E-state index in [0.717, 1.165) is 34.5 Å². The first kappa shape index (κ1) is 24.9. The Morgan fingerprint density at radius 3 is 2.50 bits per heavy atom. The third-order valence-corrected chi connectivity index (χ3v) is 6.33. The number of rotatable bonds is 7. The molecular formula is C29H26FN3O5. The van der Waals surface area contributed by atoms with Crippen LogP contribution in [-0.2, 0) is 11.2 Å². The number of hydrogen-bond donors (Lipinski definition) is 2. The number of ether oxygens (including phenoxy) is 3. The minimum absolute atomic E-state index is 0.0292. The Hall–Kier alpha value is -4.79. The van der Waals surface area contributed by atoms with Gasteiger partial charge < -0.3 is 24.4 Å². The van der Waals surface area contributed by atoms with Gasteiger partial charge in [0, 0.05) is 23.7 Å². The van der Waals surface area contributed by atoms with Crippen molar-refractivity contribution in [3.05, 3.63) is 84.2 Å². The van der Waals surface area contributed by atoms with Crippen molar-refractivity contribution in [2.75, 3.05) is 37.5 Å². The van der Waals surface area contributed by atoms with Crippen molar-refractivity contribution in [2.45, 2.75) is 6.42 Å². The molecule has 0 aliphatic carbocycles. The summed E-state index contributed by atoms with van der Waals surface area (Å²) in [4.78, 5) is 26.7. The van der Waals surface area contributed by atoms with Crippen molar-refractivity contribution < 1.29 is 28.2 Å². The number of halogens is 1. The van der Waals surface area contributed by atoms with E-state index in [1.54, 1.807) is 26.4 Å². The normalized spacial score (nSPS) is 12.1. The number of carbonyl (C=O) groups excluding carboxylic acids is 2. The van der Waals surface area contributed by atoms with Crippen LogP contribution in [0.5, 0.6) is 23.0 Å². The third kappa shape index (κ3) is 5.17. The molecule has 5 rings (SSSR count). The maximum Gasteiger partial charge on any atom is 0.326 e. The molecule has 4 aromatic rings. The molecular weight excluding hydrogens is 489 g/mol. The molecule has 1 aliphatic rings. The highest BCUT2D eigenvalue weighted by Gasteiger charge is 2.21. The van der Waals surface area contributed by atoms with Gasteiger partial charge in [0.05, 0.1) is 26.5 Å². The molecule has 194 valence electrons. The fraction of sp³-hybridized carbons (Fsp3) is 0.172. The monoisotopic (exact) mass is 515 g/mol. The van der Waals surface area contributed by atoms with Crippen molar-refractivity contribution in [1.29, 1.82) is 0 Å². The van der Waals surface area contributed by atoms with Crippen LogP contribution in [-0.4, -0.2) is 39.2 Å². The topological polar surface area (TPSA) is 89.1 Å². The van der Waals surface area contributed by atoms with Crippen LogP contribution < -0.4 is 29.7 Å². The first-order valence-corrected chi connectivity index (χ1v) is 12.0. The minimum atomic E-state index is -0.815. The van der Waals surface area contributed by atoms with Gasteiger partial charge in [0.2, 0.25) is 5.91 Å². The average molecular weight is 516 g/mol. The molecule has 0 radical (unpaired) electrons. The van der Waals surface area contributed by atoms with Crippen LogP contribution in [0, 0.1) is 5.82 Å². The maximum absolute atomic E-state index is 14.8. The average Bonchev–Trinajstić information content (AvgIpc) is 3.32. The van der Waals surface area contributed by atoms with E-state index in [1.165, 1.54) is 12.1 Å². The van der Waals surface area contributed by atoms with Gasteiger partial charge in [-0.2, -0.15) is 0 Å². The summed E-state index contributed by atoms with van der Waals surface area (Å²) in [6, 6.07) is 20.2. The number of urea groups is 1. The zero-order chi connectivity index (χ0) is 26.6. The molecule has 3 amide bonds. The molecule has 0 bridgehead atoms. The van der Waals surface area contributed by atoms with Gasteiger partial charge in [0.15, 0.2) is 11.5 Å². The molecule has 4 aromatic carbocycles. The first-order chi connectivity index (χ1) is 18.4. The predicted octanol–water partition coefficient (Wildman–Crippen LogP) is 5.50. The molecule has 0 spiro atoms. The predicted molar refractivity (Wildman–Crippen MR) is 143 cm³/mol. The molecule has 0 unspecified atom stereocenters. The SMILES string of the molecule is COc1cc2cccc(Oc3ccc(NC(=O)NC(=O)CN4CCc5ccccc54)c(F)c3)c2cc1OC. The number of para-hydroxylation sites is 1. The second kappa shape index (κ2) is 10.7. The highest BCUT2D eigenvalue weighted by Crippen LogP contribution is 2.38.